The van der Waals surface area contributed by atoms with Gasteiger partial charge in [0.1, 0.15) is 11.3 Å². The van der Waals surface area contributed by atoms with Crippen LogP contribution in [0.25, 0.3) is 10.9 Å². The van der Waals surface area contributed by atoms with Crippen molar-refractivity contribution in [3.8, 4) is 5.75 Å². The number of carbonyl (C=O) groups excluding carboxylic acids is 1. The normalized spacial score (nSPS) is 14.3. The van der Waals surface area contributed by atoms with E-state index in [1.165, 1.54) is 6.26 Å². The summed E-state index contributed by atoms with van der Waals surface area (Å²) in [6.45, 7) is 1.97. The monoisotopic (exact) mass is 410 g/mol. The van der Waals surface area contributed by atoms with Crippen LogP contribution in [0, 0.1) is 0 Å². The van der Waals surface area contributed by atoms with Gasteiger partial charge in [-0.15, -0.1) is 0 Å². The van der Waals surface area contributed by atoms with E-state index in [2.05, 4.69) is 4.90 Å². The second-order valence-electron chi connectivity index (χ2n) is 7.35. The molecular formula is C22H22N2O4S. The van der Waals surface area contributed by atoms with Crippen LogP contribution in [0.2, 0.25) is 0 Å². The van der Waals surface area contributed by atoms with Crippen LogP contribution in [0.1, 0.15) is 28.8 Å². The molecule has 0 amide bonds. The first-order chi connectivity index (χ1) is 13.9. The van der Waals surface area contributed by atoms with Crippen molar-refractivity contribution in [3.05, 3.63) is 65.7 Å². The number of benzene rings is 2. The van der Waals surface area contributed by atoms with E-state index in [4.69, 9.17) is 9.72 Å². The molecule has 0 N–H and O–H groups in total. The lowest BCUT2D eigenvalue weighted by atomic mass is 10.1. The molecule has 0 saturated carbocycles. The molecule has 150 valence electrons. The van der Waals surface area contributed by atoms with E-state index in [0.29, 0.717) is 22.4 Å². The number of para-hydroxylation sites is 1. The smallest absolute Gasteiger partial charge is 0.343 e. The fraction of sp³-hybridized carbons (Fsp3) is 0.273. The van der Waals surface area contributed by atoms with Crippen LogP contribution in [0.3, 0.4) is 0 Å². The fourth-order valence-corrected chi connectivity index (χ4v) is 4.31. The molecule has 1 fully saturated rings. The van der Waals surface area contributed by atoms with Crippen LogP contribution in [0.5, 0.6) is 5.75 Å². The molecule has 3 aromatic rings. The number of hydrogen-bond acceptors (Lipinski definition) is 6. The lowest BCUT2D eigenvalue weighted by Gasteiger charge is -2.17. The molecule has 6 nitrogen and oxygen atoms in total. The minimum absolute atomic E-state index is 0.0607. The largest absolute Gasteiger partial charge is 0.421 e. The minimum atomic E-state index is -3.12. The zero-order chi connectivity index (χ0) is 20.4. The zero-order valence-electron chi connectivity index (χ0n) is 16.2. The Kier molecular flexibility index (Phi) is 5.24. The second-order valence-corrected chi connectivity index (χ2v) is 9.49. The average molecular weight is 410 g/mol. The van der Waals surface area contributed by atoms with E-state index in [9.17, 15) is 13.2 Å². The number of nitrogens with zero attached hydrogens (tertiary/aromatic N) is 2. The molecule has 0 spiro atoms. The van der Waals surface area contributed by atoms with E-state index in [-0.39, 0.29) is 5.75 Å². The van der Waals surface area contributed by atoms with Gasteiger partial charge in [-0.25, -0.2) is 18.2 Å². The Bertz CT molecular complexity index is 1150. The number of sulfone groups is 1. The van der Waals surface area contributed by atoms with Gasteiger partial charge in [0.2, 0.25) is 0 Å². The van der Waals surface area contributed by atoms with Crippen molar-refractivity contribution in [1.82, 2.24) is 4.98 Å². The summed E-state index contributed by atoms with van der Waals surface area (Å²) in [6, 6.07) is 15.9. The van der Waals surface area contributed by atoms with E-state index < -0.39 is 15.8 Å². The first-order valence-corrected chi connectivity index (χ1v) is 11.6. The Morgan fingerprint density at radius 1 is 1.03 bits per heavy atom. The summed E-state index contributed by atoms with van der Waals surface area (Å²) < 4.78 is 28.4. The highest BCUT2D eigenvalue weighted by molar-refractivity contribution is 7.89. The number of aromatic nitrogens is 1. The molecule has 0 aliphatic carbocycles. The lowest BCUT2D eigenvalue weighted by molar-refractivity contribution is 0.0737. The Morgan fingerprint density at radius 3 is 2.45 bits per heavy atom. The lowest BCUT2D eigenvalue weighted by Crippen LogP contribution is -2.18. The third-order valence-electron chi connectivity index (χ3n) is 4.92. The number of pyridine rings is 1. The molecule has 2 heterocycles. The third kappa shape index (κ3) is 4.56. The van der Waals surface area contributed by atoms with E-state index in [1.807, 2.05) is 24.3 Å². The van der Waals surface area contributed by atoms with Crippen molar-refractivity contribution < 1.29 is 17.9 Å². The molecule has 1 aromatic heterocycles. The number of esters is 1. The first-order valence-electron chi connectivity index (χ1n) is 9.53. The molecule has 0 atom stereocenters. The van der Waals surface area contributed by atoms with Gasteiger partial charge in [-0.05, 0) is 48.7 Å². The van der Waals surface area contributed by atoms with Gasteiger partial charge in [0.05, 0.1) is 11.3 Å². The van der Waals surface area contributed by atoms with E-state index >= 15 is 0 Å². The van der Waals surface area contributed by atoms with Gasteiger partial charge >= 0.3 is 5.97 Å². The number of hydrogen-bond donors (Lipinski definition) is 0. The maximum atomic E-state index is 12.6. The van der Waals surface area contributed by atoms with Gasteiger partial charge < -0.3 is 9.64 Å². The molecule has 7 heteroatoms. The van der Waals surface area contributed by atoms with Crippen molar-refractivity contribution in [2.24, 2.45) is 0 Å². The fourth-order valence-electron chi connectivity index (χ4n) is 3.51. The molecule has 1 aliphatic heterocycles. The van der Waals surface area contributed by atoms with Gasteiger partial charge in [0.25, 0.3) is 0 Å². The molecule has 1 saturated heterocycles. The van der Waals surface area contributed by atoms with Crippen molar-refractivity contribution >= 4 is 32.5 Å². The summed E-state index contributed by atoms with van der Waals surface area (Å²) in [5.74, 6) is 0.739. The first kappa shape index (κ1) is 19.4. The van der Waals surface area contributed by atoms with E-state index in [1.54, 1.807) is 30.3 Å². The zero-order valence-corrected chi connectivity index (χ0v) is 17.0. The number of rotatable bonds is 5. The Morgan fingerprint density at radius 2 is 1.76 bits per heavy atom. The molecular weight excluding hydrogens is 388 g/mol. The Labute approximate surface area is 170 Å². The third-order valence-corrected chi connectivity index (χ3v) is 5.78. The summed E-state index contributed by atoms with van der Waals surface area (Å²) in [7, 11) is -3.12. The summed E-state index contributed by atoms with van der Waals surface area (Å²) in [4.78, 5) is 19.6. The molecule has 0 radical (unpaired) electrons. The SMILES string of the molecule is CS(=O)(=O)Cc1ccc(C(=O)Oc2cccc3ccc(N4CCCC4)nc23)cc1. The standard InChI is InChI=1S/C22H22N2O4S/c1-29(26,27)15-16-7-9-18(10-8-16)22(25)28-19-6-4-5-17-11-12-20(23-21(17)19)24-13-2-3-14-24/h4-12H,2-3,13-15H2,1H3. The quantitative estimate of drug-likeness (QED) is 0.473. The van der Waals surface area contributed by atoms with Crippen LogP contribution in [0.4, 0.5) is 5.82 Å². The molecule has 2 aromatic carbocycles. The highest BCUT2D eigenvalue weighted by atomic mass is 32.2. The summed E-state index contributed by atoms with van der Waals surface area (Å²) in [5.41, 5.74) is 1.64. The second kappa shape index (κ2) is 7.83. The van der Waals surface area contributed by atoms with Crippen LogP contribution in [-0.2, 0) is 15.6 Å². The number of fused-ring (bicyclic) bond motifs is 1. The highest BCUT2D eigenvalue weighted by Crippen LogP contribution is 2.28. The minimum Gasteiger partial charge on any atom is -0.421 e. The summed E-state index contributed by atoms with van der Waals surface area (Å²) in [5, 5.41) is 0.904. The maximum absolute atomic E-state index is 12.6. The topological polar surface area (TPSA) is 76.6 Å². The van der Waals surface area contributed by atoms with Gasteiger partial charge in [-0.2, -0.15) is 0 Å². The Hall–Kier alpha value is -2.93. The van der Waals surface area contributed by atoms with Gasteiger partial charge in [0, 0.05) is 24.7 Å². The predicted molar refractivity (Wildman–Crippen MR) is 113 cm³/mol. The molecule has 1 aliphatic rings. The van der Waals surface area contributed by atoms with Crippen LogP contribution < -0.4 is 9.64 Å². The Balaban J connectivity index is 1.58. The van der Waals surface area contributed by atoms with E-state index in [0.717, 1.165) is 37.1 Å². The van der Waals surface area contributed by atoms with Gasteiger partial charge in [0.15, 0.2) is 15.6 Å². The van der Waals surface area contributed by atoms with Crippen molar-refractivity contribution in [2.75, 3.05) is 24.2 Å². The van der Waals surface area contributed by atoms with Crippen LogP contribution >= 0.6 is 0 Å². The molecule has 29 heavy (non-hydrogen) atoms. The summed E-state index contributed by atoms with van der Waals surface area (Å²) >= 11 is 0. The van der Waals surface area contributed by atoms with Crippen molar-refractivity contribution in [1.29, 1.82) is 0 Å². The predicted octanol–water partition coefficient (Wildman–Crippen LogP) is 3.60. The van der Waals surface area contributed by atoms with Gasteiger partial charge in [-0.1, -0.05) is 24.3 Å². The average Bonchev–Trinajstić information content (AvgIpc) is 3.22. The van der Waals surface area contributed by atoms with Crippen LogP contribution in [0.15, 0.2) is 54.6 Å². The molecule has 0 unspecified atom stereocenters. The number of ether oxygens (including phenoxy) is 1. The number of anilines is 1. The van der Waals surface area contributed by atoms with Crippen LogP contribution in [-0.4, -0.2) is 38.7 Å². The van der Waals surface area contributed by atoms with Crippen molar-refractivity contribution in [2.45, 2.75) is 18.6 Å². The van der Waals surface area contributed by atoms with Gasteiger partial charge in [-0.3, -0.25) is 0 Å². The summed E-state index contributed by atoms with van der Waals surface area (Å²) in [6.07, 6.45) is 3.50. The van der Waals surface area contributed by atoms with Crippen molar-refractivity contribution in [3.63, 3.8) is 0 Å². The number of carbonyl (C=O) groups is 1. The molecule has 4 rings (SSSR count). The maximum Gasteiger partial charge on any atom is 0.343 e. The molecule has 0 bridgehead atoms. The highest BCUT2D eigenvalue weighted by Gasteiger charge is 2.16.